The summed E-state index contributed by atoms with van der Waals surface area (Å²) in [5, 5.41) is 5.97. The number of aromatic nitrogens is 1. The molecule has 2 rings (SSSR count). The van der Waals surface area contributed by atoms with Crippen LogP contribution in [-0.2, 0) is 4.79 Å². The molecular weight excluding hydrogens is 292 g/mol. The molecule has 0 aliphatic rings. The number of benzene rings is 1. The Morgan fingerprint density at radius 2 is 2.25 bits per heavy atom. The summed E-state index contributed by atoms with van der Waals surface area (Å²) in [6, 6.07) is 7.77. The van der Waals surface area contributed by atoms with Crippen LogP contribution in [0.1, 0.15) is 24.3 Å². The van der Waals surface area contributed by atoms with Gasteiger partial charge in [-0.25, -0.2) is 4.98 Å². The lowest BCUT2D eigenvalue weighted by Gasteiger charge is -2.06. The van der Waals surface area contributed by atoms with Crippen LogP contribution in [0.15, 0.2) is 29.6 Å². The van der Waals surface area contributed by atoms with Gasteiger partial charge in [0.25, 0.3) is 0 Å². The Morgan fingerprint density at radius 1 is 1.40 bits per heavy atom. The molecule has 1 heterocycles. The number of aryl methyl sites for hydroxylation is 1. The van der Waals surface area contributed by atoms with Crippen molar-refractivity contribution < 1.29 is 4.79 Å². The van der Waals surface area contributed by atoms with Gasteiger partial charge in [-0.1, -0.05) is 12.1 Å². The summed E-state index contributed by atoms with van der Waals surface area (Å²) < 4.78 is 0. The van der Waals surface area contributed by atoms with E-state index in [1.54, 1.807) is 11.3 Å². The van der Waals surface area contributed by atoms with Crippen molar-refractivity contribution in [3.8, 4) is 11.3 Å². The number of carbonyl (C=O) groups excluding carboxylic acids is 1. The molecule has 5 heteroatoms. The number of alkyl halides is 1. The molecular formula is C15H17ClN2OS. The molecule has 1 aromatic carbocycles. The number of nitrogens with zero attached hydrogens (tertiary/aromatic N) is 1. The third-order valence-electron chi connectivity index (χ3n) is 2.85. The monoisotopic (exact) mass is 308 g/mol. The van der Waals surface area contributed by atoms with Crippen LogP contribution in [0.4, 0.5) is 5.69 Å². The number of halogens is 1. The van der Waals surface area contributed by atoms with Crippen LogP contribution in [0.25, 0.3) is 11.3 Å². The van der Waals surface area contributed by atoms with Crippen molar-refractivity contribution in [3.05, 3.63) is 34.7 Å². The second-order valence-corrected chi connectivity index (χ2v) is 5.97. The highest BCUT2D eigenvalue weighted by Crippen LogP contribution is 2.24. The van der Waals surface area contributed by atoms with Gasteiger partial charge in [-0.2, -0.15) is 0 Å². The molecule has 0 unspecified atom stereocenters. The first kappa shape index (κ1) is 15.0. The average molecular weight is 309 g/mol. The van der Waals surface area contributed by atoms with Gasteiger partial charge in [-0.3, -0.25) is 4.79 Å². The molecule has 3 nitrogen and oxygen atoms in total. The van der Waals surface area contributed by atoms with Crippen molar-refractivity contribution >= 4 is 34.5 Å². The first-order chi connectivity index (χ1) is 9.69. The summed E-state index contributed by atoms with van der Waals surface area (Å²) in [7, 11) is 0. The van der Waals surface area contributed by atoms with Gasteiger partial charge < -0.3 is 5.32 Å². The molecule has 0 aliphatic carbocycles. The normalized spacial score (nSPS) is 10.5. The predicted octanol–water partition coefficient (Wildman–Crippen LogP) is 4.47. The minimum Gasteiger partial charge on any atom is -0.326 e. The molecule has 0 atom stereocenters. The zero-order valence-electron chi connectivity index (χ0n) is 11.4. The van der Waals surface area contributed by atoms with E-state index in [0.29, 0.717) is 12.3 Å². The fourth-order valence-electron chi connectivity index (χ4n) is 1.86. The van der Waals surface area contributed by atoms with Crippen molar-refractivity contribution in [1.29, 1.82) is 0 Å². The van der Waals surface area contributed by atoms with E-state index in [4.69, 9.17) is 11.6 Å². The second kappa shape index (κ2) is 7.41. The van der Waals surface area contributed by atoms with Crippen LogP contribution in [0.3, 0.4) is 0 Å². The quantitative estimate of drug-likeness (QED) is 0.632. The van der Waals surface area contributed by atoms with Crippen molar-refractivity contribution in [3.63, 3.8) is 0 Å². The maximum atomic E-state index is 11.8. The van der Waals surface area contributed by atoms with Crippen LogP contribution >= 0.6 is 22.9 Å². The van der Waals surface area contributed by atoms with E-state index in [1.165, 1.54) is 0 Å². The number of unbranched alkanes of at least 4 members (excludes halogenated alkanes) is 1. The molecule has 0 bridgehead atoms. The summed E-state index contributed by atoms with van der Waals surface area (Å²) in [6.45, 7) is 1.98. The van der Waals surface area contributed by atoms with E-state index in [-0.39, 0.29) is 5.91 Å². The van der Waals surface area contributed by atoms with Crippen LogP contribution in [0, 0.1) is 6.92 Å². The second-order valence-electron chi connectivity index (χ2n) is 4.53. The van der Waals surface area contributed by atoms with Crippen LogP contribution in [0.5, 0.6) is 0 Å². The molecule has 1 aromatic heterocycles. The lowest BCUT2D eigenvalue weighted by molar-refractivity contribution is -0.116. The van der Waals surface area contributed by atoms with Gasteiger partial charge in [0.2, 0.25) is 5.91 Å². The molecule has 2 aromatic rings. The lowest BCUT2D eigenvalue weighted by atomic mass is 10.1. The summed E-state index contributed by atoms with van der Waals surface area (Å²) in [5.74, 6) is 0.632. The SMILES string of the molecule is Cc1nc(-c2cccc(NC(=O)CCCCCl)c2)cs1. The number of amides is 1. The average Bonchev–Trinajstić information content (AvgIpc) is 2.86. The summed E-state index contributed by atoms with van der Waals surface area (Å²) in [4.78, 5) is 16.2. The van der Waals surface area contributed by atoms with Crippen LogP contribution in [0.2, 0.25) is 0 Å². The Bertz CT molecular complexity index is 583. The van der Waals surface area contributed by atoms with Crippen LogP contribution < -0.4 is 5.32 Å². The topological polar surface area (TPSA) is 42.0 Å². The standard InChI is InChI=1S/C15H17ClN2OS/c1-11-17-14(10-20-11)12-5-4-6-13(9-12)18-15(19)7-2-3-8-16/h4-6,9-10H,2-3,7-8H2,1H3,(H,18,19). The maximum Gasteiger partial charge on any atom is 0.224 e. The first-order valence-electron chi connectivity index (χ1n) is 6.57. The van der Waals surface area contributed by atoms with Crippen molar-refractivity contribution in [2.45, 2.75) is 26.2 Å². The molecule has 0 aliphatic heterocycles. The molecule has 0 radical (unpaired) electrons. The third-order valence-corrected chi connectivity index (χ3v) is 3.89. The Morgan fingerprint density at radius 3 is 2.95 bits per heavy atom. The minimum atomic E-state index is 0.0294. The molecule has 106 valence electrons. The Labute approximate surface area is 128 Å². The van der Waals surface area contributed by atoms with Gasteiger partial charge >= 0.3 is 0 Å². The highest BCUT2D eigenvalue weighted by Gasteiger charge is 2.05. The fraction of sp³-hybridized carbons (Fsp3) is 0.333. The molecule has 0 saturated carbocycles. The van der Waals surface area contributed by atoms with E-state index in [2.05, 4.69) is 10.3 Å². The number of carbonyl (C=O) groups is 1. The van der Waals surface area contributed by atoms with E-state index in [9.17, 15) is 4.79 Å². The van der Waals surface area contributed by atoms with E-state index >= 15 is 0 Å². The van der Waals surface area contributed by atoms with Gasteiger partial charge in [0.05, 0.1) is 10.7 Å². The number of thiazole rings is 1. The Balaban J connectivity index is 2.01. The van der Waals surface area contributed by atoms with Crippen molar-refractivity contribution in [2.24, 2.45) is 0 Å². The zero-order valence-corrected chi connectivity index (χ0v) is 12.9. The van der Waals surface area contributed by atoms with Gasteiger partial charge in [-0.15, -0.1) is 22.9 Å². The van der Waals surface area contributed by atoms with Gasteiger partial charge in [0.1, 0.15) is 0 Å². The molecule has 0 saturated heterocycles. The molecule has 1 amide bonds. The molecule has 0 spiro atoms. The van der Waals surface area contributed by atoms with E-state index < -0.39 is 0 Å². The largest absolute Gasteiger partial charge is 0.326 e. The van der Waals surface area contributed by atoms with E-state index in [0.717, 1.165) is 34.8 Å². The highest BCUT2D eigenvalue weighted by molar-refractivity contribution is 7.09. The Hall–Kier alpha value is -1.39. The highest BCUT2D eigenvalue weighted by atomic mass is 35.5. The Kier molecular flexibility index (Phi) is 5.56. The predicted molar refractivity (Wildman–Crippen MR) is 85.5 cm³/mol. The zero-order chi connectivity index (χ0) is 14.4. The molecule has 1 N–H and O–H groups in total. The van der Waals surface area contributed by atoms with Gasteiger partial charge in [0, 0.05) is 28.9 Å². The number of rotatable bonds is 6. The van der Waals surface area contributed by atoms with Gasteiger partial charge in [-0.05, 0) is 31.9 Å². The lowest BCUT2D eigenvalue weighted by Crippen LogP contribution is -2.11. The minimum absolute atomic E-state index is 0.0294. The number of hydrogen-bond acceptors (Lipinski definition) is 3. The smallest absolute Gasteiger partial charge is 0.224 e. The maximum absolute atomic E-state index is 11.8. The van der Waals surface area contributed by atoms with Crippen molar-refractivity contribution in [1.82, 2.24) is 4.98 Å². The summed E-state index contributed by atoms with van der Waals surface area (Å²) in [5.41, 5.74) is 2.78. The molecule has 0 fully saturated rings. The summed E-state index contributed by atoms with van der Waals surface area (Å²) in [6.07, 6.45) is 2.19. The number of hydrogen-bond donors (Lipinski definition) is 1. The van der Waals surface area contributed by atoms with Crippen LogP contribution in [-0.4, -0.2) is 16.8 Å². The number of anilines is 1. The fourth-order valence-corrected chi connectivity index (χ4v) is 2.67. The molecule has 20 heavy (non-hydrogen) atoms. The van der Waals surface area contributed by atoms with E-state index in [1.807, 2.05) is 36.6 Å². The third kappa shape index (κ3) is 4.32. The number of nitrogens with one attached hydrogen (secondary N) is 1. The summed E-state index contributed by atoms with van der Waals surface area (Å²) >= 11 is 7.22. The van der Waals surface area contributed by atoms with Crippen molar-refractivity contribution in [2.75, 3.05) is 11.2 Å². The first-order valence-corrected chi connectivity index (χ1v) is 7.99. The van der Waals surface area contributed by atoms with Gasteiger partial charge in [0.15, 0.2) is 0 Å².